The number of anilines is 1. The maximum atomic E-state index is 11.5. The fraction of sp³-hybridized carbons (Fsp3) is 0.0833. The van der Waals surface area contributed by atoms with Crippen LogP contribution in [0.15, 0.2) is 46.0 Å². The van der Waals surface area contributed by atoms with Crippen molar-refractivity contribution in [1.29, 1.82) is 0 Å². The SMILES string of the molecule is Nc1ccc(SCC(=O)NC(=O)c2ccco2)cn1. The summed E-state index contributed by atoms with van der Waals surface area (Å²) in [5.74, 6) is -0.318. The highest BCUT2D eigenvalue weighted by molar-refractivity contribution is 8.00. The summed E-state index contributed by atoms with van der Waals surface area (Å²) in [6, 6.07) is 6.47. The Bertz CT molecular complexity index is 566. The van der Waals surface area contributed by atoms with Crippen molar-refractivity contribution in [3.05, 3.63) is 42.5 Å². The molecule has 0 unspecified atom stereocenters. The van der Waals surface area contributed by atoms with E-state index in [1.165, 1.54) is 24.1 Å². The van der Waals surface area contributed by atoms with Crippen LogP contribution < -0.4 is 11.1 Å². The number of rotatable bonds is 4. The summed E-state index contributed by atoms with van der Waals surface area (Å²) in [6.07, 6.45) is 2.94. The van der Waals surface area contributed by atoms with Crippen LogP contribution in [0.1, 0.15) is 10.6 Å². The van der Waals surface area contributed by atoms with Gasteiger partial charge in [-0.2, -0.15) is 0 Å². The van der Waals surface area contributed by atoms with E-state index in [9.17, 15) is 9.59 Å². The molecule has 0 spiro atoms. The summed E-state index contributed by atoms with van der Waals surface area (Å²) in [5.41, 5.74) is 5.45. The number of hydrogen-bond acceptors (Lipinski definition) is 6. The molecular formula is C12H11N3O3S. The van der Waals surface area contributed by atoms with Gasteiger partial charge in [0.05, 0.1) is 12.0 Å². The second kappa shape index (κ2) is 6.05. The average Bonchev–Trinajstić information content (AvgIpc) is 2.92. The van der Waals surface area contributed by atoms with Crippen LogP contribution in [0, 0.1) is 0 Å². The number of hydrogen-bond donors (Lipinski definition) is 2. The molecule has 0 radical (unpaired) electrons. The Labute approximate surface area is 113 Å². The van der Waals surface area contributed by atoms with Crippen molar-refractivity contribution in [2.45, 2.75) is 4.90 Å². The molecule has 0 aromatic carbocycles. The lowest BCUT2D eigenvalue weighted by Crippen LogP contribution is -2.31. The molecule has 2 aromatic heterocycles. The Hall–Kier alpha value is -2.28. The van der Waals surface area contributed by atoms with Crippen LogP contribution in [0.4, 0.5) is 5.82 Å². The minimum atomic E-state index is -0.550. The van der Waals surface area contributed by atoms with Crippen molar-refractivity contribution < 1.29 is 14.0 Å². The smallest absolute Gasteiger partial charge is 0.293 e. The molecule has 0 atom stereocenters. The Morgan fingerprint density at radius 3 is 2.84 bits per heavy atom. The minimum Gasteiger partial charge on any atom is -0.459 e. The molecule has 6 nitrogen and oxygen atoms in total. The highest BCUT2D eigenvalue weighted by Gasteiger charge is 2.12. The molecule has 2 aromatic rings. The van der Waals surface area contributed by atoms with E-state index in [0.29, 0.717) is 5.82 Å². The first-order valence-electron chi connectivity index (χ1n) is 5.37. The van der Waals surface area contributed by atoms with Crippen molar-refractivity contribution in [3.63, 3.8) is 0 Å². The van der Waals surface area contributed by atoms with Crippen LogP contribution >= 0.6 is 11.8 Å². The first kappa shape index (κ1) is 13.2. The summed E-state index contributed by atoms with van der Waals surface area (Å²) < 4.78 is 4.88. The van der Waals surface area contributed by atoms with Gasteiger partial charge in [-0.1, -0.05) is 0 Å². The van der Waals surface area contributed by atoms with Crippen LogP contribution in [0.5, 0.6) is 0 Å². The number of thioether (sulfide) groups is 1. The number of imide groups is 1. The number of furan rings is 1. The van der Waals surface area contributed by atoms with Gasteiger partial charge in [0.25, 0.3) is 5.91 Å². The molecule has 2 heterocycles. The lowest BCUT2D eigenvalue weighted by atomic mass is 10.4. The van der Waals surface area contributed by atoms with E-state index in [1.807, 2.05) is 0 Å². The third-order valence-corrected chi connectivity index (χ3v) is 3.11. The maximum absolute atomic E-state index is 11.5. The fourth-order valence-electron chi connectivity index (χ4n) is 1.26. The topological polar surface area (TPSA) is 98.2 Å². The monoisotopic (exact) mass is 277 g/mol. The van der Waals surface area contributed by atoms with E-state index in [0.717, 1.165) is 4.90 Å². The average molecular weight is 277 g/mol. The van der Waals surface area contributed by atoms with E-state index >= 15 is 0 Å². The molecule has 0 saturated heterocycles. The zero-order valence-corrected chi connectivity index (χ0v) is 10.6. The van der Waals surface area contributed by atoms with Crippen LogP contribution in [-0.2, 0) is 4.79 Å². The van der Waals surface area contributed by atoms with Gasteiger partial charge >= 0.3 is 0 Å². The molecule has 98 valence electrons. The largest absolute Gasteiger partial charge is 0.459 e. The highest BCUT2D eigenvalue weighted by Crippen LogP contribution is 2.16. The van der Waals surface area contributed by atoms with Gasteiger partial charge in [0.1, 0.15) is 5.82 Å². The number of nitrogens with zero attached hydrogens (tertiary/aromatic N) is 1. The number of pyridine rings is 1. The predicted molar refractivity (Wildman–Crippen MR) is 70.6 cm³/mol. The number of carbonyl (C=O) groups is 2. The van der Waals surface area contributed by atoms with Crippen molar-refractivity contribution >= 4 is 29.4 Å². The number of nitrogens with two attached hydrogens (primary N) is 1. The number of nitrogen functional groups attached to an aromatic ring is 1. The van der Waals surface area contributed by atoms with Gasteiger partial charge in [0.15, 0.2) is 5.76 Å². The third kappa shape index (κ3) is 3.85. The molecule has 7 heteroatoms. The molecule has 19 heavy (non-hydrogen) atoms. The van der Waals surface area contributed by atoms with Crippen LogP contribution in [0.3, 0.4) is 0 Å². The van der Waals surface area contributed by atoms with Gasteiger partial charge in [0.2, 0.25) is 5.91 Å². The zero-order valence-electron chi connectivity index (χ0n) is 9.83. The second-order valence-electron chi connectivity index (χ2n) is 3.56. The lowest BCUT2D eigenvalue weighted by molar-refractivity contribution is -0.117. The molecule has 0 aliphatic heterocycles. The third-order valence-electron chi connectivity index (χ3n) is 2.13. The molecule has 0 aliphatic carbocycles. The zero-order chi connectivity index (χ0) is 13.7. The van der Waals surface area contributed by atoms with Gasteiger partial charge < -0.3 is 10.2 Å². The van der Waals surface area contributed by atoms with E-state index in [-0.39, 0.29) is 11.5 Å². The van der Waals surface area contributed by atoms with Crippen LogP contribution in [0.2, 0.25) is 0 Å². The van der Waals surface area contributed by atoms with E-state index in [1.54, 1.807) is 24.4 Å². The summed E-state index contributed by atoms with van der Waals surface area (Å²) in [5, 5.41) is 2.23. The van der Waals surface area contributed by atoms with Gasteiger partial charge in [0, 0.05) is 11.1 Å². The Morgan fingerprint density at radius 2 is 2.21 bits per heavy atom. The number of nitrogens with one attached hydrogen (secondary N) is 1. The van der Waals surface area contributed by atoms with Gasteiger partial charge in [-0.15, -0.1) is 11.8 Å². The molecule has 0 saturated carbocycles. The molecular weight excluding hydrogens is 266 g/mol. The van der Waals surface area contributed by atoms with E-state index in [4.69, 9.17) is 10.2 Å². The molecule has 0 fully saturated rings. The number of amides is 2. The van der Waals surface area contributed by atoms with Crippen LogP contribution in [-0.4, -0.2) is 22.6 Å². The van der Waals surface area contributed by atoms with Gasteiger partial charge in [-0.05, 0) is 24.3 Å². The van der Waals surface area contributed by atoms with Crippen molar-refractivity contribution in [2.75, 3.05) is 11.5 Å². The van der Waals surface area contributed by atoms with Crippen molar-refractivity contribution in [1.82, 2.24) is 10.3 Å². The Balaban J connectivity index is 1.82. The van der Waals surface area contributed by atoms with Crippen molar-refractivity contribution in [3.8, 4) is 0 Å². The first-order valence-corrected chi connectivity index (χ1v) is 6.36. The molecule has 0 bridgehead atoms. The van der Waals surface area contributed by atoms with Gasteiger partial charge in [-0.3, -0.25) is 14.9 Å². The maximum Gasteiger partial charge on any atom is 0.293 e. The van der Waals surface area contributed by atoms with Gasteiger partial charge in [-0.25, -0.2) is 4.98 Å². The van der Waals surface area contributed by atoms with E-state index < -0.39 is 11.8 Å². The fourth-order valence-corrected chi connectivity index (χ4v) is 1.92. The minimum absolute atomic E-state index is 0.104. The highest BCUT2D eigenvalue weighted by atomic mass is 32.2. The summed E-state index contributed by atoms with van der Waals surface area (Å²) >= 11 is 1.26. The second-order valence-corrected chi connectivity index (χ2v) is 4.61. The van der Waals surface area contributed by atoms with Crippen molar-refractivity contribution in [2.24, 2.45) is 0 Å². The quantitative estimate of drug-likeness (QED) is 0.817. The normalized spacial score (nSPS) is 10.1. The summed E-state index contributed by atoms with van der Waals surface area (Å²) in [7, 11) is 0. The standard InChI is InChI=1S/C12H11N3O3S/c13-10-4-3-8(6-14-10)19-7-11(16)15-12(17)9-2-1-5-18-9/h1-6H,7H2,(H2,13,14)(H,15,16,17). The van der Waals surface area contributed by atoms with E-state index in [2.05, 4.69) is 10.3 Å². The summed E-state index contributed by atoms with van der Waals surface area (Å²) in [4.78, 5) is 27.8. The summed E-state index contributed by atoms with van der Waals surface area (Å²) in [6.45, 7) is 0. The Kier molecular flexibility index (Phi) is 4.19. The molecule has 2 amide bonds. The predicted octanol–water partition coefficient (Wildman–Crippen LogP) is 1.31. The van der Waals surface area contributed by atoms with Crippen LogP contribution in [0.25, 0.3) is 0 Å². The molecule has 0 aliphatic rings. The molecule has 2 rings (SSSR count). The first-order chi connectivity index (χ1) is 9.15. The Morgan fingerprint density at radius 1 is 1.37 bits per heavy atom. The molecule has 3 N–H and O–H groups in total. The lowest BCUT2D eigenvalue weighted by Gasteiger charge is -2.02. The number of aromatic nitrogens is 1. The number of carbonyl (C=O) groups excluding carboxylic acids is 2.